The van der Waals surface area contributed by atoms with Crippen LogP contribution in [0, 0.1) is 13.8 Å². The van der Waals surface area contributed by atoms with Gasteiger partial charge >= 0.3 is 11.9 Å². The molecule has 3 heteroatoms. The molecule has 1 aliphatic rings. The summed E-state index contributed by atoms with van der Waals surface area (Å²) in [7, 11) is 0. The molecule has 2 aromatic rings. The first kappa shape index (κ1) is 10.0. The van der Waals surface area contributed by atoms with E-state index in [1.54, 1.807) is 12.1 Å². The summed E-state index contributed by atoms with van der Waals surface area (Å²) in [6.07, 6.45) is 0. The summed E-state index contributed by atoms with van der Waals surface area (Å²) in [5, 5.41) is 1.63. The van der Waals surface area contributed by atoms with Gasteiger partial charge < -0.3 is 4.74 Å². The fraction of sp³-hybridized carbons (Fsp3) is 0.143. The van der Waals surface area contributed by atoms with E-state index in [1.165, 1.54) is 0 Å². The molecule has 0 bridgehead atoms. The molecule has 17 heavy (non-hydrogen) atoms. The van der Waals surface area contributed by atoms with Gasteiger partial charge in [-0.1, -0.05) is 12.1 Å². The first-order chi connectivity index (χ1) is 8.06. The third kappa shape index (κ3) is 1.35. The molecular formula is C14H10O3. The minimum absolute atomic E-state index is 0.481. The lowest BCUT2D eigenvalue weighted by molar-refractivity contribution is 0.0391. The molecule has 1 aliphatic heterocycles. The zero-order valence-corrected chi connectivity index (χ0v) is 9.53. The van der Waals surface area contributed by atoms with Crippen molar-refractivity contribution in [3.8, 4) is 0 Å². The van der Waals surface area contributed by atoms with Crippen LogP contribution in [0.15, 0.2) is 24.3 Å². The minimum atomic E-state index is -0.556. The Morgan fingerprint density at radius 1 is 0.824 bits per heavy atom. The Labute approximate surface area is 98.0 Å². The molecule has 0 fully saturated rings. The van der Waals surface area contributed by atoms with Crippen molar-refractivity contribution in [3.05, 3.63) is 46.5 Å². The molecule has 3 rings (SSSR count). The third-order valence-corrected chi connectivity index (χ3v) is 2.96. The summed E-state index contributed by atoms with van der Waals surface area (Å²) in [4.78, 5) is 23.4. The number of rotatable bonds is 0. The summed E-state index contributed by atoms with van der Waals surface area (Å²) in [5.41, 5.74) is 2.93. The molecule has 0 aliphatic carbocycles. The van der Waals surface area contributed by atoms with Crippen LogP contribution in [0.1, 0.15) is 31.8 Å². The number of esters is 2. The average molecular weight is 226 g/mol. The van der Waals surface area contributed by atoms with Crippen molar-refractivity contribution in [2.45, 2.75) is 13.8 Å². The Morgan fingerprint density at radius 2 is 1.29 bits per heavy atom. The van der Waals surface area contributed by atoms with Crippen LogP contribution >= 0.6 is 0 Å². The third-order valence-electron chi connectivity index (χ3n) is 2.96. The lowest BCUT2D eigenvalue weighted by Crippen LogP contribution is -2.19. The summed E-state index contributed by atoms with van der Waals surface area (Å²) < 4.78 is 4.74. The largest absolute Gasteiger partial charge is 0.386 e. The lowest BCUT2D eigenvalue weighted by Gasteiger charge is -2.16. The Bertz CT molecular complexity index is 629. The van der Waals surface area contributed by atoms with Gasteiger partial charge in [0.25, 0.3) is 0 Å². The molecule has 0 aromatic heterocycles. The van der Waals surface area contributed by atoms with Crippen molar-refractivity contribution in [2.75, 3.05) is 0 Å². The van der Waals surface area contributed by atoms with E-state index in [-0.39, 0.29) is 0 Å². The van der Waals surface area contributed by atoms with Crippen molar-refractivity contribution in [1.29, 1.82) is 0 Å². The zero-order valence-electron chi connectivity index (χ0n) is 9.53. The van der Waals surface area contributed by atoms with Gasteiger partial charge in [0.15, 0.2) is 0 Å². The van der Waals surface area contributed by atoms with Gasteiger partial charge in [-0.15, -0.1) is 0 Å². The smallest absolute Gasteiger partial charge is 0.346 e. The van der Waals surface area contributed by atoms with Gasteiger partial charge in [-0.25, -0.2) is 9.59 Å². The fourth-order valence-corrected chi connectivity index (χ4v) is 2.33. The first-order valence-electron chi connectivity index (χ1n) is 5.38. The van der Waals surface area contributed by atoms with E-state index in [9.17, 15) is 9.59 Å². The second kappa shape index (κ2) is 3.17. The van der Waals surface area contributed by atoms with Crippen LogP contribution in [0.5, 0.6) is 0 Å². The number of hydrogen-bond donors (Lipinski definition) is 0. The van der Waals surface area contributed by atoms with Gasteiger partial charge in [0.2, 0.25) is 0 Å². The second-order valence-corrected chi connectivity index (χ2v) is 4.40. The number of carbonyl (C=O) groups is 2. The van der Waals surface area contributed by atoms with Gasteiger partial charge in [0, 0.05) is 5.39 Å². The Kier molecular flexibility index (Phi) is 1.87. The highest BCUT2D eigenvalue weighted by Crippen LogP contribution is 2.30. The monoisotopic (exact) mass is 226 g/mol. The van der Waals surface area contributed by atoms with Crippen molar-refractivity contribution >= 4 is 22.7 Å². The molecule has 0 atom stereocenters. The number of cyclic esters (lactones) is 2. The van der Waals surface area contributed by atoms with Crippen molar-refractivity contribution in [2.24, 2.45) is 0 Å². The van der Waals surface area contributed by atoms with E-state index in [4.69, 9.17) is 4.74 Å². The molecule has 3 nitrogen and oxygen atoms in total. The highest BCUT2D eigenvalue weighted by molar-refractivity contribution is 6.21. The van der Waals surface area contributed by atoms with E-state index in [2.05, 4.69) is 0 Å². The number of hydrogen-bond acceptors (Lipinski definition) is 3. The van der Waals surface area contributed by atoms with Crippen LogP contribution in [0.2, 0.25) is 0 Å². The molecule has 84 valence electrons. The van der Waals surface area contributed by atoms with Crippen LogP contribution in [-0.2, 0) is 4.74 Å². The van der Waals surface area contributed by atoms with E-state index >= 15 is 0 Å². The van der Waals surface area contributed by atoms with Crippen LogP contribution in [-0.4, -0.2) is 11.9 Å². The molecule has 0 spiro atoms. The van der Waals surface area contributed by atoms with Crippen LogP contribution < -0.4 is 0 Å². The van der Waals surface area contributed by atoms with E-state index in [1.807, 2.05) is 26.0 Å². The van der Waals surface area contributed by atoms with E-state index in [0.717, 1.165) is 16.5 Å². The molecule has 2 aromatic carbocycles. The van der Waals surface area contributed by atoms with Crippen molar-refractivity contribution in [3.63, 3.8) is 0 Å². The van der Waals surface area contributed by atoms with Gasteiger partial charge in [-0.05, 0) is 42.5 Å². The summed E-state index contributed by atoms with van der Waals surface area (Å²) in [6.45, 7) is 3.84. The number of benzene rings is 2. The van der Waals surface area contributed by atoms with Crippen LogP contribution in [0.25, 0.3) is 10.8 Å². The zero-order chi connectivity index (χ0) is 12.2. The predicted octanol–water partition coefficient (Wildman–Crippen LogP) is 2.77. The molecule has 1 heterocycles. The standard InChI is InChI=1S/C14H10O3/c1-7-3-9-4-8(2)6-11-12(9)10(5-7)13(15)17-14(11)16/h3-6H,1-2H3. The normalized spacial score (nSPS) is 14.0. The average Bonchev–Trinajstić information content (AvgIpc) is 2.24. The SMILES string of the molecule is Cc1cc2c3c(cc(C)cc3c1)C(=O)OC2=O. The number of ether oxygens (including phenoxy) is 1. The van der Waals surface area contributed by atoms with Crippen LogP contribution in [0.3, 0.4) is 0 Å². The van der Waals surface area contributed by atoms with Crippen molar-refractivity contribution < 1.29 is 14.3 Å². The quantitative estimate of drug-likeness (QED) is 0.512. The van der Waals surface area contributed by atoms with Gasteiger partial charge in [-0.2, -0.15) is 0 Å². The molecule has 0 saturated heterocycles. The maximum Gasteiger partial charge on any atom is 0.346 e. The highest BCUT2D eigenvalue weighted by Gasteiger charge is 2.27. The van der Waals surface area contributed by atoms with Gasteiger partial charge in [0.1, 0.15) is 0 Å². The molecule has 0 unspecified atom stereocenters. The first-order valence-corrected chi connectivity index (χ1v) is 5.38. The minimum Gasteiger partial charge on any atom is -0.386 e. The van der Waals surface area contributed by atoms with Crippen LogP contribution in [0.4, 0.5) is 0 Å². The molecular weight excluding hydrogens is 216 g/mol. The topological polar surface area (TPSA) is 43.4 Å². The Morgan fingerprint density at radius 3 is 1.76 bits per heavy atom. The Hall–Kier alpha value is -2.16. The number of aryl methyl sites for hydroxylation is 2. The van der Waals surface area contributed by atoms with E-state index in [0.29, 0.717) is 16.5 Å². The molecule has 0 N–H and O–H groups in total. The fourth-order valence-electron chi connectivity index (χ4n) is 2.33. The van der Waals surface area contributed by atoms with Gasteiger partial charge in [0.05, 0.1) is 11.1 Å². The summed E-state index contributed by atoms with van der Waals surface area (Å²) in [6, 6.07) is 7.47. The molecule has 0 radical (unpaired) electrons. The predicted molar refractivity (Wildman–Crippen MR) is 63.2 cm³/mol. The summed E-state index contributed by atoms with van der Waals surface area (Å²) in [5.74, 6) is -1.11. The van der Waals surface area contributed by atoms with Gasteiger partial charge in [-0.3, -0.25) is 0 Å². The highest BCUT2D eigenvalue weighted by atomic mass is 16.6. The lowest BCUT2D eigenvalue weighted by atomic mass is 9.93. The molecule has 0 saturated carbocycles. The van der Waals surface area contributed by atoms with Crippen molar-refractivity contribution in [1.82, 2.24) is 0 Å². The second-order valence-electron chi connectivity index (χ2n) is 4.40. The maximum absolute atomic E-state index is 11.7. The molecule has 0 amide bonds. The maximum atomic E-state index is 11.7. The summed E-state index contributed by atoms with van der Waals surface area (Å²) >= 11 is 0. The number of carbonyl (C=O) groups excluding carboxylic acids is 2. The van der Waals surface area contributed by atoms with E-state index < -0.39 is 11.9 Å². The Balaban J connectivity index is 2.56.